The van der Waals surface area contributed by atoms with Gasteiger partial charge in [-0.2, -0.15) is 10.5 Å². The van der Waals surface area contributed by atoms with Crippen LogP contribution in [0.2, 0.25) is 0 Å². The van der Waals surface area contributed by atoms with Crippen LogP contribution < -0.4 is 10.5 Å². The van der Waals surface area contributed by atoms with Crippen molar-refractivity contribution in [2.75, 3.05) is 0 Å². The smallest absolute Gasteiger partial charge is 0.308 e. The third kappa shape index (κ3) is 2.95. The van der Waals surface area contributed by atoms with Gasteiger partial charge in [0.05, 0.1) is 27.8 Å². The van der Waals surface area contributed by atoms with Gasteiger partial charge < -0.3 is 10.5 Å². The lowest BCUT2D eigenvalue weighted by atomic mass is 9.82. The molecule has 22 heavy (non-hydrogen) atoms. The predicted octanol–water partition coefficient (Wildman–Crippen LogP) is 2.25. The van der Waals surface area contributed by atoms with Crippen LogP contribution >= 0.6 is 11.8 Å². The topological polar surface area (TPSA) is 124 Å². The molecule has 1 aliphatic rings. The third-order valence-electron chi connectivity index (χ3n) is 3.17. The Bertz CT molecular complexity index is 740. The van der Waals surface area contributed by atoms with E-state index >= 15 is 0 Å². The molecule has 0 bridgehead atoms. The van der Waals surface area contributed by atoms with E-state index in [1.54, 1.807) is 24.3 Å². The summed E-state index contributed by atoms with van der Waals surface area (Å²) in [6, 6.07) is 10.6. The summed E-state index contributed by atoms with van der Waals surface area (Å²) in [4.78, 5) is 10.9. The molecule has 1 aliphatic heterocycles. The summed E-state index contributed by atoms with van der Waals surface area (Å²) in [5.41, 5.74) is 6.78. The highest BCUT2D eigenvalue weighted by Gasteiger charge is 2.37. The van der Waals surface area contributed by atoms with Gasteiger partial charge in [-0.3, -0.25) is 10.2 Å². The molecule has 0 spiro atoms. The summed E-state index contributed by atoms with van der Waals surface area (Å²) in [7, 11) is 0. The summed E-state index contributed by atoms with van der Waals surface area (Å²) < 4.78 is 4.95. The first-order chi connectivity index (χ1) is 10.5. The monoisotopic (exact) mass is 312 g/mol. The molecule has 0 amide bonds. The molecule has 6 nitrogen and oxygen atoms in total. The van der Waals surface area contributed by atoms with E-state index in [4.69, 9.17) is 15.9 Å². The number of nitriles is 2. The van der Waals surface area contributed by atoms with Crippen LogP contribution in [0.3, 0.4) is 0 Å². The Kier molecular flexibility index (Phi) is 4.50. The van der Waals surface area contributed by atoms with Gasteiger partial charge in [0.25, 0.3) is 0 Å². The highest BCUT2D eigenvalue weighted by atomic mass is 32.2. The fraction of sp³-hybridized carbons (Fsp3) is 0.200. The first-order valence-corrected chi connectivity index (χ1v) is 7.13. The van der Waals surface area contributed by atoms with E-state index in [9.17, 15) is 15.3 Å². The minimum atomic E-state index is -0.758. The number of nitrogens with one attached hydrogen (secondary N) is 1. The van der Waals surface area contributed by atoms with Crippen LogP contribution in [-0.2, 0) is 4.79 Å². The Morgan fingerprint density at radius 2 is 2.00 bits per heavy atom. The van der Waals surface area contributed by atoms with Crippen LogP contribution in [0.5, 0.6) is 5.75 Å². The highest BCUT2D eigenvalue weighted by Crippen LogP contribution is 2.42. The van der Waals surface area contributed by atoms with Crippen molar-refractivity contribution in [3.63, 3.8) is 0 Å². The number of nitrogens with zero attached hydrogens (tertiary/aromatic N) is 2. The third-order valence-corrected chi connectivity index (χ3v) is 4.09. The zero-order valence-electron chi connectivity index (χ0n) is 11.7. The van der Waals surface area contributed by atoms with Gasteiger partial charge in [-0.1, -0.05) is 23.9 Å². The van der Waals surface area contributed by atoms with Gasteiger partial charge in [-0.15, -0.1) is 0 Å². The van der Waals surface area contributed by atoms with Crippen LogP contribution in [-0.4, -0.2) is 11.0 Å². The Morgan fingerprint density at radius 1 is 1.36 bits per heavy atom. The molecule has 0 saturated heterocycles. The fourth-order valence-corrected chi connectivity index (χ4v) is 3.07. The van der Waals surface area contributed by atoms with Crippen molar-refractivity contribution < 1.29 is 9.53 Å². The molecule has 0 saturated carbocycles. The van der Waals surface area contributed by atoms with E-state index in [0.29, 0.717) is 11.3 Å². The zero-order chi connectivity index (χ0) is 16.3. The summed E-state index contributed by atoms with van der Waals surface area (Å²) in [6.07, 6.45) is 0. The van der Waals surface area contributed by atoms with Crippen molar-refractivity contribution in [1.29, 1.82) is 15.9 Å². The number of carbonyl (C=O) groups is 1. The largest absolute Gasteiger partial charge is 0.427 e. The van der Waals surface area contributed by atoms with Gasteiger partial charge in [0.2, 0.25) is 0 Å². The fourth-order valence-electron chi connectivity index (χ4n) is 2.23. The Labute approximate surface area is 131 Å². The van der Waals surface area contributed by atoms with Gasteiger partial charge in [-0.05, 0) is 17.7 Å². The highest BCUT2D eigenvalue weighted by molar-refractivity contribution is 8.17. The van der Waals surface area contributed by atoms with Crippen molar-refractivity contribution in [1.82, 2.24) is 0 Å². The number of hydrogen-bond acceptors (Lipinski definition) is 7. The average molecular weight is 312 g/mol. The number of hydrogen-bond donors (Lipinski definition) is 2. The van der Waals surface area contributed by atoms with Gasteiger partial charge in [0, 0.05) is 12.8 Å². The van der Waals surface area contributed by atoms with Crippen LogP contribution in [0, 0.1) is 34.0 Å². The number of benzene rings is 1. The van der Waals surface area contributed by atoms with Crippen LogP contribution in [0.1, 0.15) is 18.4 Å². The molecule has 0 aliphatic carbocycles. The molecule has 2 rings (SSSR count). The summed E-state index contributed by atoms with van der Waals surface area (Å²) in [5, 5.41) is 26.9. The van der Waals surface area contributed by atoms with Crippen molar-refractivity contribution in [3.05, 3.63) is 40.4 Å². The Balaban J connectivity index is 2.45. The van der Waals surface area contributed by atoms with Gasteiger partial charge in [-0.25, -0.2) is 0 Å². The second-order valence-corrected chi connectivity index (χ2v) is 5.69. The maximum absolute atomic E-state index is 10.9. The molecule has 0 radical (unpaired) electrons. The SMILES string of the molecule is CC(=O)Oc1ccc([C@H]2C(C#N)=C(N)SC(=N)[C@H]2C#N)cc1. The van der Waals surface area contributed by atoms with Crippen LogP contribution in [0.15, 0.2) is 34.9 Å². The van der Waals surface area contributed by atoms with Crippen molar-refractivity contribution in [2.45, 2.75) is 12.8 Å². The van der Waals surface area contributed by atoms with E-state index in [1.165, 1.54) is 6.92 Å². The summed E-state index contributed by atoms with van der Waals surface area (Å²) in [5.74, 6) is -1.40. The first kappa shape index (κ1) is 15.6. The lowest BCUT2D eigenvalue weighted by molar-refractivity contribution is -0.131. The predicted molar refractivity (Wildman–Crippen MR) is 81.7 cm³/mol. The van der Waals surface area contributed by atoms with E-state index in [-0.39, 0.29) is 15.6 Å². The van der Waals surface area contributed by atoms with E-state index in [0.717, 1.165) is 11.8 Å². The molecule has 2 atom stereocenters. The van der Waals surface area contributed by atoms with E-state index in [2.05, 4.69) is 6.07 Å². The van der Waals surface area contributed by atoms with Gasteiger partial charge in [0.15, 0.2) is 0 Å². The molecular weight excluding hydrogens is 300 g/mol. The van der Waals surface area contributed by atoms with Crippen molar-refractivity contribution in [3.8, 4) is 17.9 Å². The molecule has 1 aromatic rings. The van der Waals surface area contributed by atoms with Gasteiger partial charge >= 0.3 is 5.97 Å². The molecular formula is C15H12N4O2S. The van der Waals surface area contributed by atoms with E-state index in [1.807, 2.05) is 6.07 Å². The molecule has 0 fully saturated rings. The number of ether oxygens (including phenoxy) is 1. The number of carbonyl (C=O) groups excluding carboxylic acids is 1. The Hall–Kier alpha value is -2.77. The molecule has 7 heteroatoms. The second kappa shape index (κ2) is 6.33. The first-order valence-electron chi connectivity index (χ1n) is 6.32. The van der Waals surface area contributed by atoms with Crippen molar-refractivity contribution in [2.24, 2.45) is 11.7 Å². The van der Waals surface area contributed by atoms with Crippen LogP contribution in [0.4, 0.5) is 0 Å². The molecule has 110 valence electrons. The summed E-state index contributed by atoms with van der Waals surface area (Å²) in [6.45, 7) is 1.30. The van der Waals surface area contributed by atoms with Gasteiger partial charge in [0.1, 0.15) is 11.7 Å². The molecule has 1 aromatic carbocycles. The van der Waals surface area contributed by atoms with Crippen molar-refractivity contribution >= 4 is 22.8 Å². The summed E-state index contributed by atoms with van der Waals surface area (Å²) >= 11 is 0.943. The quantitative estimate of drug-likeness (QED) is 0.637. The minimum absolute atomic E-state index is 0.119. The minimum Gasteiger partial charge on any atom is -0.427 e. The number of esters is 1. The number of nitrogens with two attached hydrogens (primary N) is 1. The number of thioether (sulfide) groups is 1. The molecule has 0 aromatic heterocycles. The standard InChI is InChI=1S/C15H12N4O2S/c1-8(20)21-10-4-2-9(3-5-10)13-11(6-16)14(18)22-15(19)12(13)7-17/h2-5,11,13,18H,19H2,1H3/t11-,13+/m0/s1. The lowest BCUT2D eigenvalue weighted by Crippen LogP contribution is -2.26. The molecule has 0 unspecified atom stereocenters. The normalized spacial score (nSPS) is 21.0. The number of allylic oxidation sites excluding steroid dienone is 1. The number of rotatable bonds is 2. The zero-order valence-corrected chi connectivity index (χ0v) is 12.5. The van der Waals surface area contributed by atoms with Crippen LogP contribution in [0.25, 0.3) is 0 Å². The maximum atomic E-state index is 10.9. The molecule has 1 heterocycles. The van der Waals surface area contributed by atoms with E-state index < -0.39 is 17.8 Å². The lowest BCUT2D eigenvalue weighted by Gasteiger charge is -2.27. The second-order valence-electron chi connectivity index (χ2n) is 4.60. The average Bonchev–Trinajstić information content (AvgIpc) is 2.47. The molecule has 3 N–H and O–H groups in total. The maximum Gasteiger partial charge on any atom is 0.308 e. The Morgan fingerprint density at radius 3 is 2.50 bits per heavy atom.